The standard InChI is InChI=1S/C10H16N2/c1-6(2)9-8-5-4-7(3)10(8)12-11-9/h6-7H,4-5H2,1-3H3,(H,11,12). The van der Waals surface area contributed by atoms with Crippen LogP contribution in [0.2, 0.25) is 0 Å². The quantitative estimate of drug-likeness (QED) is 0.679. The van der Waals surface area contributed by atoms with E-state index in [-0.39, 0.29) is 0 Å². The molecule has 2 rings (SSSR count). The van der Waals surface area contributed by atoms with Crippen molar-refractivity contribution in [1.82, 2.24) is 10.2 Å². The van der Waals surface area contributed by atoms with Gasteiger partial charge in [-0.2, -0.15) is 5.10 Å². The number of rotatable bonds is 1. The Bertz CT molecular complexity index is 286. The van der Waals surface area contributed by atoms with E-state index in [1.165, 1.54) is 29.8 Å². The summed E-state index contributed by atoms with van der Waals surface area (Å²) in [4.78, 5) is 0. The maximum Gasteiger partial charge on any atom is 0.0682 e. The smallest absolute Gasteiger partial charge is 0.0682 e. The van der Waals surface area contributed by atoms with Crippen LogP contribution in [0, 0.1) is 0 Å². The minimum Gasteiger partial charge on any atom is -0.282 e. The highest BCUT2D eigenvalue weighted by Crippen LogP contribution is 2.34. The van der Waals surface area contributed by atoms with Crippen molar-refractivity contribution in [3.63, 3.8) is 0 Å². The third-order valence-corrected chi connectivity index (χ3v) is 2.80. The van der Waals surface area contributed by atoms with Gasteiger partial charge in [-0.25, -0.2) is 0 Å². The normalized spacial score (nSPS) is 21.8. The van der Waals surface area contributed by atoms with Gasteiger partial charge in [-0.3, -0.25) is 5.10 Å². The van der Waals surface area contributed by atoms with E-state index in [1.807, 2.05) is 0 Å². The number of H-pyrrole nitrogens is 1. The Labute approximate surface area is 73.4 Å². The zero-order valence-electron chi connectivity index (χ0n) is 8.02. The largest absolute Gasteiger partial charge is 0.282 e. The molecule has 1 N–H and O–H groups in total. The maximum absolute atomic E-state index is 4.36. The molecule has 2 nitrogen and oxygen atoms in total. The van der Waals surface area contributed by atoms with E-state index >= 15 is 0 Å². The first-order valence-corrected chi connectivity index (χ1v) is 4.77. The molecule has 1 atom stereocenters. The molecule has 0 aliphatic heterocycles. The van der Waals surface area contributed by atoms with Gasteiger partial charge in [0.25, 0.3) is 0 Å². The second-order valence-electron chi connectivity index (χ2n) is 4.10. The Kier molecular flexibility index (Phi) is 1.71. The minimum absolute atomic E-state index is 0.565. The second-order valence-corrected chi connectivity index (χ2v) is 4.10. The SMILES string of the molecule is CC(C)c1n[nH]c2c1CCC2C. The molecule has 1 aromatic rings. The molecule has 2 heteroatoms. The summed E-state index contributed by atoms with van der Waals surface area (Å²) in [6.07, 6.45) is 2.52. The molecule has 0 amide bonds. The van der Waals surface area contributed by atoms with Crippen LogP contribution in [0.5, 0.6) is 0 Å². The molecule has 0 aromatic carbocycles. The lowest BCUT2D eigenvalue weighted by Gasteiger charge is -2.00. The Morgan fingerprint density at radius 3 is 2.92 bits per heavy atom. The van der Waals surface area contributed by atoms with E-state index in [2.05, 4.69) is 31.0 Å². The van der Waals surface area contributed by atoms with Crippen molar-refractivity contribution in [3.05, 3.63) is 17.0 Å². The molecule has 1 unspecified atom stereocenters. The third kappa shape index (κ3) is 0.977. The van der Waals surface area contributed by atoms with Crippen molar-refractivity contribution < 1.29 is 0 Å². The lowest BCUT2D eigenvalue weighted by molar-refractivity contribution is 0.700. The maximum atomic E-state index is 4.36. The molecule has 1 aromatic heterocycles. The van der Waals surface area contributed by atoms with Gasteiger partial charge < -0.3 is 0 Å². The van der Waals surface area contributed by atoms with Crippen molar-refractivity contribution in [1.29, 1.82) is 0 Å². The summed E-state index contributed by atoms with van der Waals surface area (Å²) in [5, 5.41) is 7.53. The van der Waals surface area contributed by atoms with Gasteiger partial charge in [-0.15, -0.1) is 0 Å². The van der Waals surface area contributed by atoms with Crippen molar-refractivity contribution in [2.24, 2.45) is 0 Å². The number of nitrogens with zero attached hydrogens (tertiary/aromatic N) is 1. The van der Waals surface area contributed by atoms with Crippen LogP contribution < -0.4 is 0 Å². The number of aromatic amines is 1. The summed E-state index contributed by atoms with van der Waals surface area (Å²) in [5.41, 5.74) is 4.17. The molecule has 66 valence electrons. The zero-order chi connectivity index (χ0) is 8.72. The molecule has 1 aliphatic carbocycles. The predicted octanol–water partition coefficient (Wildman–Crippen LogP) is 2.58. The van der Waals surface area contributed by atoms with Crippen LogP contribution >= 0.6 is 0 Å². The van der Waals surface area contributed by atoms with Crippen molar-refractivity contribution in [3.8, 4) is 0 Å². The van der Waals surface area contributed by atoms with Gasteiger partial charge in [0.2, 0.25) is 0 Å². The van der Waals surface area contributed by atoms with Gasteiger partial charge in [0.1, 0.15) is 0 Å². The lowest BCUT2D eigenvalue weighted by atomic mass is 10.0. The summed E-state index contributed by atoms with van der Waals surface area (Å²) >= 11 is 0. The van der Waals surface area contributed by atoms with Crippen LogP contribution in [0.25, 0.3) is 0 Å². The molecule has 12 heavy (non-hydrogen) atoms. The summed E-state index contributed by atoms with van der Waals surface area (Å²) in [5.74, 6) is 1.26. The van der Waals surface area contributed by atoms with Gasteiger partial charge in [0, 0.05) is 5.69 Å². The lowest BCUT2D eigenvalue weighted by Crippen LogP contribution is -1.92. The van der Waals surface area contributed by atoms with Crippen LogP contribution in [0.1, 0.15) is 56.0 Å². The molecule has 0 spiro atoms. The fourth-order valence-electron chi connectivity index (χ4n) is 2.05. The molecular weight excluding hydrogens is 148 g/mol. The first kappa shape index (κ1) is 7.84. The summed E-state index contributed by atoms with van der Waals surface area (Å²) in [6.45, 7) is 6.69. The highest BCUT2D eigenvalue weighted by atomic mass is 15.1. The van der Waals surface area contributed by atoms with Crippen LogP contribution in [-0.2, 0) is 6.42 Å². The first-order valence-electron chi connectivity index (χ1n) is 4.77. The monoisotopic (exact) mass is 164 g/mol. The van der Waals surface area contributed by atoms with E-state index in [0.717, 1.165) is 0 Å². The van der Waals surface area contributed by atoms with Crippen molar-refractivity contribution >= 4 is 0 Å². The Balaban J connectivity index is 2.43. The number of hydrogen-bond donors (Lipinski definition) is 1. The average molecular weight is 164 g/mol. The van der Waals surface area contributed by atoms with E-state index < -0.39 is 0 Å². The molecule has 0 saturated heterocycles. The van der Waals surface area contributed by atoms with E-state index in [4.69, 9.17) is 0 Å². The van der Waals surface area contributed by atoms with Crippen LogP contribution in [-0.4, -0.2) is 10.2 Å². The van der Waals surface area contributed by atoms with E-state index in [9.17, 15) is 0 Å². The van der Waals surface area contributed by atoms with Gasteiger partial charge in [0.15, 0.2) is 0 Å². The molecule has 1 heterocycles. The fraction of sp³-hybridized carbons (Fsp3) is 0.700. The van der Waals surface area contributed by atoms with Crippen LogP contribution in [0.3, 0.4) is 0 Å². The van der Waals surface area contributed by atoms with Gasteiger partial charge >= 0.3 is 0 Å². The average Bonchev–Trinajstić information content (AvgIpc) is 2.53. The summed E-state index contributed by atoms with van der Waals surface area (Å²) in [7, 11) is 0. The van der Waals surface area contributed by atoms with Gasteiger partial charge in [-0.05, 0) is 30.2 Å². The third-order valence-electron chi connectivity index (χ3n) is 2.80. The topological polar surface area (TPSA) is 28.7 Å². The highest BCUT2D eigenvalue weighted by Gasteiger charge is 2.25. The number of nitrogens with one attached hydrogen (secondary N) is 1. The molecule has 0 bridgehead atoms. The van der Waals surface area contributed by atoms with Crippen LogP contribution in [0.4, 0.5) is 0 Å². The first-order chi connectivity index (χ1) is 5.70. The highest BCUT2D eigenvalue weighted by molar-refractivity contribution is 5.33. The van der Waals surface area contributed by atoms with Crippen molar-refractivity contribution in [2.45, 2.75) is 45.4 Å². The molecule has 0 radical (unpaired) electrons. The second kappa shape index (κ2) is 2.61. The van der Waals surface area contributed by atoms with E-state index in [0.29, 0.717) is 11.8 Å². The van der Waals surface area contributed by atoms with E-state index in [1.54, 1.807) is 0 Å². The fourth-order valence-corrected chi connectivity index (χ4v) is 2.05. The van der Waals surface area contributed by atoms with Gasteiger partial charge in [0.05, 0.1) is 5.69 Å². The molecule has 0 saturated carbocycles. The molecular formula is C10H16N2. The van der Waals surface area contributed by atoms with Gasteiger partial charge in [-0.1, -0.05) is 20.8 Å². The number of fused-ring (bicyclic) bond motifs is 1. The van der Waals surface area contributed by atoms with Crippen molar-refractivity contribution in [2.75, 3.05) is 0 Å². The zero-order valence-corrected chi connectivity index (χ0v) is 8.02. The summed E-state index contributed by atoms with van der Waals surface area (Å²) in [6, 6.07) is 0. The molecule has 1 aliphatic rings. The Morgan fingerprint density at radius 2 is 2.25 bits per heavy atom. The Morgan fingerprint density at radius 1 is 1.50 bits per heavy atom. The molecule has 0 fully saturated rings. The predicted molar refractivity (Wildman–Crippen MR) is 49.4 cm³/mol. The Hall–Kier alpha value is -0.790. The summed E-state index contributed by atoms with van der Waals surface area (Å²) < 4.78 is 0. The van der Waals surface area contributed by atoms with Crippen LogP contribution in [0.15, 0.2) is 0 Å². The minimum atomic E-state index is 0.565. The number of hydrogen-bond acceptors (Lipinski definition) is 1. The number of aromatic nitrogens is 2.